The van der Waals surface area contributed by atoms with E-state index < -0.39 is 8.07 Å². The van der Waals surface area contributed by atoms with Crippen LogP contribution in [-0.2, 0) is 11.5 Å². The van der Waals surface area contributed by atoms with E-state index >= 15 is 0 Å². The highest BCUT2D eigenvalue weighted by molar-refractivity contribution is 9.10. The summed E-state index contributed by atoms with van der Waals surface area (Å²) in [6.45, 7) is 8.30. The highest BCUT2D eigenvalue weighted by atomic mass is 79.9. The van der Waals surface area contributed by atoms with Gasteiger partial charge in [0.25, 0.3) is 0 Å². The predicted molar refractivity (Wildman–Crippen MR) is 79.3 cm³/mol. The van der Waals surface area contributed by atoms with Crippen molar-refractivity contribution in [1.82, 2.24) is 14.8 Å². The van der Waals surface area contributed by atoms with Crippen molar-refractivity contribution in [3.05, 3.63) is 22.9 Å². The molecule has 18 heavy (non-hydrogen) atoms. The molecule has 2 aromatic heterocycles. The molecule has 0 fully saturated rings. The minimum absolute atomic E-state index is 0.470. The third-order valence-corrected chi connectivity index (χ3v) is 5.09. The largest absolute Gasteiger partial charge is 0.359 e. The maximum atomic E-state index is 5.68. The molecule has 2 heterocycles. The molecule has 0 aliphatic rings. The molecule has 0 bridgehead atoms. The lowest BCUT2D eigenvalue weighted by Crippen LogP contribution is -2.22. The second-order valence-corrected chi connectivity index (χ2v) is 12.0. The van der Waals surface area contributed by atoms with Gasteiger partial charge >= 0.3 is 0 Å². The molecule has 2 rings (SSSR count). The zero-order valence-corrected chi connectivity index (χ0v) is 13.6. The highest BCUT2D eigenvalue weighted by Crippen LogP contribution is 2.21. The van der Waals surface area contributed by atoms with Gasteiger partial charge in [-0.05, 0) is 28.0 Å². The molecule has 0 saturated heterocycles. The Balaban J connectivity index is 1.98. The van der Waals surface area contributed by atoms with Gasteiger partial charge in [-0.1, -0.05) is 19.6 Å². The zero-order valence-electron chi connectivity index (χ0n) is 11.0. The summed E-state index contributed by atoms with van der Waals surface area (Å²) in [7, 11) is -1.02. The predicted octanol–water partition coefficient (Wildman–Crippen LogP) is 3.51. The maximum Gasteiger partial charge on any atom is 0.161 e. The molecule has 2 aromatic rings. The molecular weight excluding hydrogens is 310 g/mol. The average Bonchev–Trinajstić information content (AvgIpc) is 2.68. The van der Waals surface area contributed by atoms with Crippen molar-refractivity contribution in [2.75, 3.05) is 6.61 Å². The van der Waals surface area contributed by atoms with Crippen LogP contribution in [-0.4, -0.2) is 29.4 Å². The molecule has 0 aliphatic heterocycles. The van der Waals surface area contributed by atoms with Crippen molar-refractivity contribution >= 4 is 35.0 Å². The van der Waals surface area contributed by atoms with Gasteiger partial charge in [0.05, 0.1) is 11.6 Å². The van der Waals surface area contributed by atoms with E-state index in [9.17, 15) is 0 Å². The SMILES string of the molecule is C[Si](C)(C)CCOCn1ncc2c(Br)ccnc21. The van der Waals surface area contributed by atoms with Gasteiger partial charge in [0, 0.05) is 25.4 Å². The number of ether oxygens (including phenoxy) is 1. The van der Waals surface area contributed by atoms with Crippen LogP contribution < -0.4 is 0 Å². The summed E-state index contributed by atoms with van der Waals surface area (Å²) in [4.78, 5) is 4.33. The topological polar surface area (TPSA) is 39.9 Å². The molecule has 0 amide bonds. The Morgan fingerprint density at radius 2 is 2.17 bits per heavy atom. The van der Waals surface area contributed by atoms with Gasteiger partial charge < -0.3 is 4.74 Å². The molecule has 0 radical (unpaired) electrons. The minimum Gasteiger partial charge on any atom is -0.359 e. The molecule has 0 atom stereocenters. The van der Waals surface area contributed by atoms with Crippen LogP contribution in [0.3, 0.4) is 0 Å². The molecule has 6 heteroatoms. The van der Waals surface area contributed by atoms with Crippen LogP contribution in [0.2, 0.25) is 25.7 Å². The van der Waals surface area contributed by atoms with Crippen molar-refractivity contribution in [3.8, 4) is 0 Å². The van der Waals surface area contributed by atoms with Crippen LogP contribution in [0, 0.1) is 0 Å². The van der Waals surface area contributed by atoms with Crippen LogP contribution in [0.15, 0.2) is 22.9 Å². The van der Waals surface area contributed by atoms with Crippen LogP contribution >= 0.6 is 15.9 Å². The van der Waals surface area contributed by atoms with Gasteiger partial charge in [-0.2, -0.15) is 5.10 Å². The normalized spacial score (nSPS) is 12.2. The van der Waals surface area contributed by atoms with E-state index in [0.717, 1.165) is 22.1 Å². The Bertz CT molecular complexity index is 536. The zero-order chi connectivity index (χ0) is 13.2. The molecule has 0 saturated carbocycles. The number of nitrogens with zero attached hydrogens (tertiary/aromatic N) is 3. The lowest BCUT2D eigenvalue weighted by Gasteiger charge is -2.15. The molecule has 0 unspecified atom stereocenters. The summed E-state index contributed by atoms with van der Waals surface area (Å²) in [6, 6.07) is 3.09. The third-order valence-electron chi connectivity index (χ3n) is 2.70. The fourth-order valence-corrected chi connectivity index (χ4v) is 2.73. The highest BCUT2D eigenvalue weighted by Gasteiger charge is 2.12. The van der Waals surface area contributed by atoms with E-state index in [1.807, 2.05) is 12.3 Å². The number of hydrogen-bond acceptors (Lipinski definition) is 3. The van der Waals surface area contributed by atoms with Crippen molar-refractivity contribution < 1.29 is 4.74 Å². The first-order valence-electron chi connectivity index (χ1n) is 6.01. The standard InChI is InChI=1S/C12H18BrN3OSi/c1-18(2,3)7-6-17-9-16-12-10(8-15-16)11(13)4-5-14-12/h4-5,8H,6-7,9H2,1-3H3. The summed E-state index contributed by atoms with van der Waals surface area (Å²) in [5, 5.41) is 5.32. The fraction of sp³-hybridized carbons (Fsp3) is 0.500. The molecule has 0 aromatic carbocycles. The van der Waals surface area contributed by atoms with E-state index in [1.165, 1.54) is 6.04 Å². The van der Waals surface area contributed by atoms with E-state index in [2.05, 4.69) is 45.7 Å². The maximum absolute atomic E-state index is 5.68. The Kier molecular flexibility index (Phi) is 4.19. The number of hydrogen-bond donors (Lipinski definition) is 0. The van der Waals surface area contributed by atoms with Crippen LogP contribution in [0.4, 0.5) is 0 Å². The molecule has 98 valence electrons. The second-order valence-electron chi connectivity index (χ2n) is 5.52. The van der Waals surface area contributed by atoms with Crippen molar-refractivity contribution in [1.29, 1.82) is 0 Å². The molecular formula is C12H18BrN3OSi. The Morgan fingerprint density at radius 1 is 1.39 bits per heavy atom. The lowest BCUT2D eigenvalue weighted by atomic mass is 10.4. The van der Waals surface area contributed by atoms with Gasteiger partial charge in [0.1, 0.15) is 6.73 Å². The summed E-state index contributed by atoms with van der Waals surface area (Å²) >= 11 is 3.49. The van der Waals surface area contributed by atoms with Gasteiger partial charge in [-0.25, -0.2) is 9.67 Å². The Hall–Kier alpha value is -0.723. The smallest absolute Gasteiger partial charge is 0.161 e. The Labute approximate surface area is 116 Å². The number of aromatic nitrogens is 3. The number of rotatable bonds is 5. The average molecular weight is 328 g/mol. The monoisotopic (exact) mass is 327 g/mol. The summed E-state index contributed by atoms with van der Waals surface area (Å²) in [5.41, 5.74) is 0.859. The molecule has 0 spiro atoms. The van der Waals surface area contributed by atoms with E-state index in [4.69, 9.17) is 4.74 Å². The van der Waals surface area contributed by atoms with Gasteiger partial charge in [0.15, 0.2) is 5.65 Å². The minimum atomic E-state index is -1.02. The first-order chi connectivity index (χ1) is 8.47. The third kappa shape index (κ3) is 3.40. The second kappa shape index (κ2) is 5.50. The fourth-order valence-electron chi connectivity index (χ4n) is 1.57. The number of halogens is 1. The summed E-state index contributed by atoms with van der Waals surface area (Å²) in [5.74, 6) is 0. The molecule has 4 nitrogen and oxygen atoms in total. The molecule has 0 N–H and O–H groups in total. The van der Waals surface area contributed by atoms with E-state index in [-0.39, 0.29) is 0 Å². The molecule has 0 aliphatic carbocycles. The van der Waals surface area contributed by atoms with Crippen LogP contribution in [0.25, 0.3) is 11.0 Å². The van der Waals surface area contributed by atoms with Crippen molar-refractivity contribution in [2.45, 2.75) is 32.4 Å². The summed E-state index contributed by atoms with van der Waals surface area (Å²) in [6.07, 6.45) is 3.58. The first kappa shape index (κ1) is 13.7. The number of fused-ring (bicyclic) bond motifs is 1. The van der Waals surface area contributed by atoms with E-state index in [1.54, 1.807) is 10.9 Å². The lowest BCUT2D eigenvalue weighted by molar-refractivity contribution is 0.0813. The van der Waals surface area contributed by atoms with E-state index in [0.29, 0.717) is 6.73 Å². The van der Waals surface area contributed by atoms with Crippen molar-refractivity contribution in [2.24, 2.45) is 0 Å². The van der Waals surface area contributed by atoms with Gasteiger partial charge in [-0.3, -0.25) is 0 Å². The van der Waals surface area contributed by atoms with Crippen LogP contribution in [0.5, 0.6) is 0 Å². The number of pyridine rings is 1. The van der Waals surface area contributed by atoms with Crippen molar-refractivity contribution in [3.63, 3.8) is 0 Å². The van der Waals surface area contributed by atoms with Crippen LogP contribution in [0.1, 0.15) is 0 Å². The van der Waals surface area contributed by atoms with Gasteiger partial charge in [0.2, 0.25) is 0 Å². The first-order valence-corrected chi connectivity index (χ1v) is 10.5. The Morgan fingerprint density at radius 3 is 2.89 bits per heavy atom. The van der Waals surface area contributed by atoms with Gasteiger partial charge in [-0.15, -0.1) is 0 Å². The quantitative estimate of drug-likeness (QED) is 0.623. The summed E-state index contributed by atoms with van der Waals surface area (Å²) < 4.78 is 8.49.